The number of hydrogen-bond acceptors (Lipinski definition) is 5. The van der Waals surface area contributed by atoms with Crippen molar-refractivity contribution in [1.29, 1.82) is 0 Å². The molecular weight excluding hydrogens is 370 g/mol. The zero-order valence-corrected chi connectivity index (χ0v) is 16.4. The molecule has 0 aliphatic carbocycles. The maximum atomic E-state index is 12.7. The van der Waals surface area contributed by atoms with Gasteiger partial charge in [-0.15, -0.1) is 11.3 Å². The maximum absolute atomic E-state index is 12.7. The summed E-state index contributed by atoms with van der Waals surface area (Å²) in [5.41, 5.74) is 5.70. The van der Waals surface area contributed by atoms with Gasteiger partial charge in [-0.3, -0.25) is 9.69 Å². The molecule has 1 saturated heterocycles. The van der Waals surface area contributed by atoms with Gasteiger partial charge in [-0.05, 0) is 49.2 Å². The summed E-state index contributed by atoms with van der Waals surface area (Å²) in [6, 6.07) is 15.2. The number of thiazole rings is 1. The fraction of sp³-hybridized carbons (Fsp3) is 0.273. The predicted octanol–water partition coefficient (Wildman–Crippen LogP) is 4.37. The summed E-state index contributed by atoms with van der Waals surface area (Å²) in [5, 5.41) is 14.7. The van der Waals surface area contributed by atoms with E-state index in [4.69, 9.17) is 0 Å². The van der Waals surface area contributed by atoms with Crippen LogP contribution in [0.15, 0.2) is 59.4 Å². The van der Waals surface area contributed by atoms with Crippen LogP contribution in [-0.2, 0) is 11.3 Å². The summed E-state index contributed by atoms with van der Waals surface area (Å²) >= 11 is 1.57. The largest absolute Gasteiger partial charge is 0.508 e. The number of aromatic nitrogens is 1. The molecular formula is C22H23N3O2S. The molecule has 0 radical (unpaired) electrons. The molecule has 2 aromatic carbocycles. The van der Waals surface area contributed by atoms with Gasteiger partial charge in [0.05, 0.1) is 17.1 Å². The number of hydrogen-bond donors (Lipinski definition) is 2. The second-order valence-electron chi connectivity index (χ2n) is 7.18. The maximum Gasteiger partial charge on any atom is 0.228 e. The van der Waals surface area contributed by atoms with Crippen LogP contribution in [0.25, 0.3) is 11.3 Å². The quantitative estimate of drug-likeness (QED) is 0.676. The van der Waals surface area contributed by atoms with E-state index in [-0.39, 0.29) is 17.6 Å². The van der Waals surface area contributed by atoms with Crippen molar-refractivity contribution >= 4 is 22.9 Å². The van der Waals surface area contributed by atoms with E-state index in [0.717, 1.165) is 55.0 Å². The SMILES string of the molecule is O=C(Nc1ccc(-c2cscn2)cc1)[C@@H]1CCCN(Cc2cccc(O)c2)C1. The number of piperidine rings is 1. The fourth-order valence-corrected chi connectivity index (χ4v) is 4.21. The number of rotatable bonds is 5. The summed E-state index contributed by atoms with van der Waals surface area (Å²) in [6.07, 6.45) is 1.90. The van der Waals surface area contributed by atoms with Gasteiger partial charge in [0.15, 0.2) is 0 Å². The lowest BCUT2D eigenvalue weighted by molar-refractivity contribution is -0.121. The van der Waals surface area contributed by atoms with Crippen molar-refractivity contribution < 1.29 is 9.90 Å². The third-order valence-electron chi connectivity index (χ3n) is 5.07. The number of aromatic hydroxyl groups is 1. The lowest BCUT2D eigenvalue weighted by Crippen LogP contribution is -2.40. The van der Waals surface area contributed by atoms with Crippen molar-refractivity contribution in [2.24, 2.45) is 5.92 Å². The average Bonchev–Trinajstić information content (AvgIpc) is 3.24. The Hall–Kier alpha value is -2.70. The smallest absolute Gasteiger partial charge is 0.228 e. The van der Waals surface area contributed by atoms with E-state index in [1.807, 2.05) is 47.3 Å². The van der Waals surface area contributed by atoms with Crippen molar-refractivity contribution in [3.8, 4) is 17.0 Å². The molecule has 1 aromatic heterocycles. The highest BCUT2D eigenvalue weighted by Gasteiger charge is 2.26. The van der Waals surface area contributed by atoms with Crippen molar-refractivity contribution in [3.63, 3.8) is 0 Å². The summed E-state index contributed by atoms with van der Waals surface area (Å²) in [5.74, 6) is 0.330. The van der Waals surface area contributed by atoms with Gasteiger partial charge in [-0.2, -0.15) is 0 Å². The molecule has 0 saturated carbocycles. The molecule has 144 valence electrons. The zero-order chi connectivity index (χ0) is 19.3. The third kappa shape index (κ3) is 4.58. The first kappa shape index (κ1) is 18.7. The van der Waals surface area contributed by atoms with E-state index in [2.05, 4.69) is 15.2 Å². The van der Waals surface area contributed by atoms with E-state index in [1.165, 1.54) is 0 Å². The van der Waals surface area contributed by atoms with Gasteiger partial charge in [0, 0.05) is 29.7 Å². The molecule has 1 fully saturated rings. The van der Waals surface area contributed by atoms with Crippen LogP contribution in [-0.4, -0.2) is 34.0 Å². The number of phenols is 1. The number of carbonyl (C=O) groups excluding carboxylic acids is 1. The van der Waals surface area contributed by atoms with Gasteiger partial charge < -0.3 is 10.4 Å². The predicted molar refractivity (Wildman–Crippen MR) is 112 cm³/mol. The van der Waals surface area contributed by atoms with Gasteiger partial charge in [-0.25, -0.2) is 4.98 Å². The molecule has 0 spiro atoms. The second-order valence-corrected chi connectivity index (χ2v) is 7.90. The highest BCUT2D eigenvalue weighted by molar-refractivity contribution is 7.07. The topological polar surface area (TPSA) is 65.5 Å². The van der Waals surface area contributed by atoms with Crippen LogP contribution in [0.1, 0.15) is 18.4 Å². The normalized spacial score (nSPS) is 17.4. The van der Waals surface area contributed by atoms with Crippen molar-refractivity contribution in [3.05, 3.63) is 65.0 Å². The molecule has 4 rings (SSSR count). The highest BCUT2D eigenvalue weighted by Crippen LogP contribution is 2.24. The minimum absolute atomic E-state index is 0.0238. The molecule has 1 amide bonds. The van der Waals surface area contributed by atoms with Crippen LogP contribution in [0, 0.1) is 5.92 Å². The van der Waals surface area contributed by atoms with Crippen LogP contribution in [0.3, 0.4) is 0 Å². The summed E-state index contributed by atoms with van der Waals surface area (Å²) in [7, 11) is 0. The number of carbonyl (C=O) groups is 1. The van der Waals surface area contributed by atoms with E-state index < -0.39 is 0 Å². The van der Waals surface area contributed by atoms with Gasteiger partial charge in [0.25, 0.3) is 0 Å². The number of phenolic OH excluding ortho intramolecular Hbond substituents is 1. The van der Waals surface area contributed by atoms with Crippen LogP contribution >= 0.6 is 11.3 Å². The Labute approximate surface area is 168 Å². The Morgan fingerprint density at radius 2 is 2.11 bits per heavy atom. The molecule has 1 atom stereocenters. The summed E-state index contributed by atoms with van der Waals surface area (Å²) in [4.78, 5) is 19.3. The summed E-state index contributed by atoms with van der Waals surface area (Å²) in [6.45, 7) is 2.46. The number of benzene rings is 2. The van der Waals surface area contributed by atoms with Gasteiger partial charge in [0.2, 0.25) is 5.91 Å². The molecule has 1 aliphatic heterocycles. The van der Waals surface area contributed by atoms with Crippen LogP contribution in [0.5, 0.6) is 5.75 Å². The summed E-state index contributed by atoms with van der Waals surface area (Å²) < 4.78 is 0. The fourth-order valence-electron chi connectivity index (χ4n) is 3.65. The molecule has 1 aliphatic rings. The standard InChI is InChI=1S/C22H23N3O2S/c26-20-5-1-3-16(11-20)12-25-10-2-4-18(13-25)22(27)24-19-8-6-17(7-9-19)21-14-28-15-23-21/h1,3,5-9,11,14-15,18,26H,2,4,10,12-13H2,(H,24,27)/t18-/m1/s1. The molecule has 2 heterocycles. The van der Waals surface area contributed by atoms with E-state index >= 15 is 0 Å². The van der Waals surface area contributed by atoms with E-state index in [9.17, 15) is 9.90 Å². The lowest BCUT2D eigenvalue weighted by Gasteiger charge is -2.32. The van der Waals surface area contributed by atoms with Gasteiger partial charge in [0.1, 0.15) is 5.75 Å². The third-order valence-corrected chi connectivity index (χ3v) is 5.66. The number of nitrogens with zero attached hydrogens (tertiary/aromatic N) is 2. The van der Waals surface area contributed by atoms with Crippen molar-refractivity contribution in [2.45, 2.75) is 19.4 Å². The minimum atomic E-state index is -0.0238. The Balaban J connectivity index is 1.35. The molecule has 28 heavy (non-hydrogen) atoms. The first-order valence-corrected chi connectivity index (χ1v) is 10.4. The Morgan fingerprint density at radius 3 is 2.86 bits per heavy atom. The van der Waals surface area contributed by atoms with Crippen molar-refractivity contribution in [2.75, 3.05) is 18.4 Å². The lowest BCUT2D eigenvalue weighted by atomic mass is 9.96. The number of likely N-dealkylation sites (tertiary alicyclic amines) is 1. The zero-order valence-electron chi connectivity index (χ0n) is 15.5. The Kier molecular flexibility index (Phi) is 5.69. The first-order chi connectivity index (χ1) is 13.7. The van der Waals surface area contributed by atoms with E-state index in [0.29, 0.717) is 0 Å². The molecule has 0 bridgehead atoms. The van der Waals surface area contributed by atoms with Crippen LogP contribution in [0.4, 0.5) is 5.69 Å². The van der Waals surface area contributed by atoms with Crippen LogP contribution < -0.4 is 5.32 Å². The number of amides is 1. The van der Waals surface area contributed by atoms with E-state index in [1.54, 1.807) is 23.5 Å². The first-order valence-electron chi connectivity index (χ1n) is 9.47. The molecule has 3 aromatic rings. The van der Waals surface area contributed by atoms with Gasteiger partial charge >= 0.3 is 0 Å². The molecule has 0 unspecified atom stereocenters. The Bertz CT molecular complexity index is 925. The Morgan fingerprint density at radius 1 is 1.25 bits per heavy atom. The van der Waals surface area contributed by atoms with Crippen molar-refractivity contribution in [1.82, 2.24) is 9.88 Å². The molecule has 6 heteroatoms. The highest BCUT2D eigenvalue weighted by atomic mass is 32.1. The molecule has 2 N–H and O–H groups in total. The minimum Gasteiger partial charge on any atom is -0.508 e. The molecule has 5 nitrogen and oxygen atoms in total. The average molecular weight is 394 g/mol. The van der Waals surface area contributed by atoms with Gasteiger partial charge in [-0.1, -0.05) is 24.3 Å². The van der Waals surface area contributed by atoms with Crippen LogP contribution in [0.2, 0.25) is 0 Å². The monoisotopic (exact) mass is 393 g/mol. The second kappa shape index (κ2) is 8.54. The number of nitrogens with one attached hydrogen (secondary N) is 1. The number of anilines is 1.